The Hall–Kier alpha value is -0.920. The van der Waals surface area contributed by atoms with Gasteiger partial charge in [0.05, 0.1) is 17.8 Å². The van der Waals surface area contributed by atoms with Crippen molar-refractivity contribution in [1.29, 1.82) is 0 Å². The monoisotopic (exact) mass is 237 g/mol. The van der Waals surface area contributed by atoms with Crippen LogP contribution >= 0.6 is 0 Å². The first kappa shape index (κ1) is 14.1. The molecular weight excluding hydrogens is 222 g/mol. The van der Waals surface area contributed by atoms with Crippen LogP contribution in [-0.2, 0) is 14.8 Å². The molecule has 0 radical (unpaired) electrons. The standard InChI is InChI=1S/C8H15NO5S/c1-3-4-15(13,14)9-6-8(2,12)5-7(10)11/h3,9,12H,1,4-6H2,2H3,(H,10,11). The number of aliphatic carboxylic acids is 1. The number of hydrogen-bond donors (Lipinski definition) is 3. The van der Waals surface area contributed by atoms with E-state index >= 15 is 0 Å². The van der Waals surface area contributed by atoms with Crippen LogP contribution in [0.3, 0.4) is 0 Å². The molecule has 0 amide bonds. The topological polar surface area (TPSA) is 104 Å². The van der Waals surface area contributed by atoms with Gasteiger partial charge in [-0.05, 0) is 6.92 Å². The van der Waals surface area contributed by atoms with Crippen LogP contribution in [0.1, 0.15) is 13.3 Å². The number of sulfonamides is 1. The highest BCUT2D eigenvalue weighted by Crippen LogP contribution is 2.07. The lowest BCUT2D eigenvalue weighted by Gasteiger charge is -2.21. The summed E-state index contributed by atoms with van der Waals surface area (Å²) in [5.41, 5.74) is -1.60. The zero-order valence-electron chi connectivity index (χ0n) is 8.43. The molecule has 0 spiro atoms. The second-order valence-corrected chi connectivity index (χ2v) is 5.31. The summed E-state index contributed by atoms with van der Waals surface area (Å²) in [5.74, 6) is -1.46. The highest BCUT2D eigenvalue weighted by Gasteiger charge is 2.25. The van der Waals surface area contributed by atoms with E-state index in [9.17, 15) is 18.3 Å². The van der Waals surface area contributed by atoms with Crippen LogP contribution in [-0.4, -0.2) is 42.5 Å². The van der Waals surface area contributed by atoms with Crippen LogP contribution in [0, 0.1) is 0 Å². The summed E-state index contributed by atoms with van der Waals surface area (Å²) < 4.78 is 24.3. The lowest BCUT2D eigenvalue weighted by atomic mass is 10.0. The minimum atomic E-state index is -3.52. The molecule has 0 aliphatic rings. The largest absolute Gasteiger partial charge is 0.481 e. The number of carboxylic acid groups (broad SMARTS) is 1. The Balaban J connectivity index is 4.25. The maximum absolute atomic E-state index is 11.1. The molecule has 3 N–H and O–H groups in total. The van der Waals surface area contributed by atoms with Crippen molar-refractivity contribution >= 4 is 16.0 Å². The maximum atomic E-state index is 11.1. The summed E-state index contributed by atoms with van der Waals surface area (Å²) >= 11 is 0. The highest BCUT2D eigenvalue weighted by atomic mass is 32.2. The average molecular weight is 237 g/mol. The van der Waals surface area contributed by atoms with Crippen LogP contribution in [0.4, 0.5) is 0 Å². The first-order valence-electron chi connectivity index (χ1n) is 4.21. The fourth-order valence-electron chi connectivity index (χ4n) is 0.868. The molecule has 0 aromatic rings. The number of carbonyl (C=O) groups is 1. The lowest BCUT2D eigenvalue weighted by Crippen LogP contribution is -2.42. The van der Waals surface area contributed by atoms with Crippen molar-refractivity contribution in [2.24, 2.45) is 0 Å². The lowest BCUT2D eigenvalue weighted by molar-refractivity contribution is -0.141. The Labute approximate surface area is 88.7 Å². The quantitative estimate of drug-likeness (QED) is 0.509. The van der Waals surface area contributed by atoms with Gasteiger partial charge in [-0.2, -0.15) is 0 Å². The van der Waals surface area contributed by atoms with Crippen LogP contribution in [0.5, 0.6) is 0 Å². The van der Waals surface area contributed by atoms with Crippen LogP contribution in [0.25, 0.3) is 0 Å². The van der Waals surface area contributed by atoms with Gasteiger partial charge < -0.3 is 10.2 Å². The molecule has 0 aliphatic heterocycles. The molecule has 88 valence electrons. The Kier molecular flexibility index (Phi) is 4.92. The predicted molar refractivity (Wildman–Crippen MR) is 54.9 cm³/mol. The molecule has 0 aromatic heterocycles. The molecule has 0 bridgehead atoms. The van der Waals surface area contributed by atoms with Crippen LogP contribution in [0.15, 0.2) is 12.7 Å². The second-order valence-electron chi connectivity index (χ2n) is 3.46. The van der Waals surface area contributed by atoms with Crippen molar-refractivity contribution < 1.29 is 23.4 Å². The second kappa shape index (κ2) is 5.24. The Morgan fingerprint density at radius 3 is 2.53 bits per heavy atom. The normalized spacial score (nSPS) is 15.6. The third kappa shape index (κ3) is 7.06. The zero-order valence-corrected chi connectivity index (χ0v) is 9.25. The molecule has 1 unspecified atom stereocenters. The van der Waals surface area contributed by atoms with Crippen molar-refractivity contribution in [3.05, 3.63) is 12.7 Å². The van der Waals surface area contributed by atoms with E-state index in [0.29, 0.717) is 0 Å². The first-order valence-corrected chi connectivity index (χ1v) is 5.86. The van der Waals surface area contributed by atoms with E-state index in [0.717, 1.165) is 0 Å². The molecular formula is C8H15NO5S. The van der Waals surface area contributed by atoms with E-state index in [1.807, 2.05) is 0 Å². The summed E-state index contributed by atoms with van der Waals surface area (Å²) in [5, 5.41) is 17.9. The first-order chi connectivity index (χ1) is 6.68. The van der Waals surface area contributed by atoms with E-state index in [2.05, 4.69) is 11.3 Å². The van der Waals surface area contributed by atoms with Gasteiger partial charge in [0, 0.05) is 6.54 Å². The number of aliphatic hydroxyl groups is 1. The molecule has 15 heavy (non-hydrogen) atoms. The Morgan fingerprint density at radius 1 is 1.60 bits per heavy atom. The number of nitrogens with one attached hydrogen (secondary N) is 1. The molecule has 0 saturated carbocycles. The molecule has 1 atom stereocenters. The van der Waals surface area contributed by atoms with E-state index in [-0.39, 0.29) is 12.3 Å². The van der Waals surface area contributed by atoms with E-state index in [1.54, 1.807) is 0 Å². The van der Waals surface area contributed by atoms with Gasteiger partial charge in [0.2, 0.25) is 10.0 Å². The predicted octanol–water partition coefficient (Wildman–Crippen LogP) is -0.682. The van der Waals surface area contributed by atoms with Crippen molar-refractivity contribution in [2.75, 3.05) is 12.3 Å². The van der Waals surface area contributed by atoms with Gasteiger partial charge in [-0.15, -0.1) is 6.58 Å². The van der Waals surface area contributed by atoms with E-state index in [4.69, 9.17) is 5.11 Å². The molecule has 6 nitrogen and oxygen atoms in total. The smallest absolute Gasteiger partial charge is 0.306 e. The minimum absolute atomic E-state index is 0.268. The van der Waals surface area contributed by atoms with Crippen molar-refractivity contribution in [3.8, 4) is 0 Å². The third-order valence-electron chi connectivity index (χ3n) is 1.54. The Bertz CT molecular complexity index is 333. The summed E-state index contributed by atoms with van der Waals surface area (Å²) in [4.78, 5) is 10.3. The summed E-state index contributed by atoms with van der Waals surface area (Å²) in [6, 6.07) is 0. The minimum Gasteiger partial charge on any atom is -0.481 e. The van der Waals surface area contributed by atoms with E-state index in [1.165, 1.54) is 13.0 Å². The zero-order chi connectivity index (χ0) is 12.1. The van der Waals surface area contributed by atoms with Gasteiger partial charge in [0.1, 0.15) is 0 Å². The maximum Gasteiger partial charge on any atom is 0.306 e. The number of carboxylic acids is 1. The fraction of sp³-hybridized carbons (Fsp3) is 0.625. The average Bonchev–Trinajstić information content (AvgIpc) is 1.99. The fourth-order valence-corrected chi connectivity index (χ4v) is 1.83. The SMILES string of the molecule is C=CCS(=O)(=O)NCC(C)(O)CC(=O)O. The molecule has 0 saturated heterocycles. The number of rotatable bonds is 7. The molecule has 0 heterocycles. The molecule has 0 rings (SSSR count). The van der Waals surface area contributed by atoms with Crippen molar-refractivity contribution in [1.82, 2.24) is 4.72 Å². The van der Waals surface area contributed by atoms with E-state index < -0.39 is 28.0 Å². The van der Waals surface area contributed by atoms with Gasteiger partial charge in [0.15, 0.2) is 0 Å². The van der Waals surface area contributed by atoms with Gasteiger partial charge in [0.25, 0.3) is 0 Å². The van der Waals surface area contributed by atoms with Crippen molar-refractivity contribution in [3.63, 3.8) is 0 Å². The van der Waals surface area contributed by atoms with Crippen LogP contribution in [0.2, 0.25) is 0 Å². The van der Waals surface area contributed by atoms with Crippen LogP contribution < -0.4 is 4.72 Å². The molecule has 0 fully saturated rings. The van der Waals surface area contributed by atoms with Gasteiger partial charge in [-0.3, -0.25) is 4.79 Å². The summed E-state index contributed by atoms with van der Waals surface area (Å²) in [7, 11) is -3.52. The van der Waals surface area contributed by atoms with Gasteiger partial charge in [-0.25, -0.2) is 13.1 Å². The van der Waals surface area contributed by atoms with Crippen molar-refractivity contribution in [2.45, 2.75) is 18.9 Å². The Morgan fingerprint density at radius 2 is 2.13 bits per heavy atom. The highest BCUT2D eigenvalue weighted by molar-refractivity contribution is 7.89. The van der Waals surface area contributed by atoms with Gasteiger partial charge >= 0.3 is 5.97 Å². The van der Waals surface area contributed by atoms with Gasteiger partial charge in [-0.1, -0.05) is 6.08 Å². The third-order valence-corrected chi connectivity index (χ3v) is 2.80. The molecule has 0 aliphatic carbocycles. The molecule has 0 aromatic carbocycles. The summed E-state index contributed by atoms with van der Waals surface area (Å²) in [6.45, 7) is 4.17. The summed E-state index contributed by atoms with van der Waals surface area (Å²) in [6.07, 6.45) is 0.678. The molecule has 7 heteroatoms. The number of hydrogen-bond acceptors (Lipinski definition) is 4.